The smallest absolute Gasteiger partial charge is 0.164 e. The van der Waals surface area contributed by atoms with Gasteiger partial charge in [0, 0.05) is 44.8 Å². The Kier molecular flexibility index (Phi) is 6.05. The van der Waals surface area contributed by atoms with E-state index in [-0.39, 0.29) is 11.8 Å². The van der Waals surface area contributed by atoms with E-state index in [2.05, 4.69) is 59.1 Å². The van der Waals surface area contributed by atoms with Gasteiger partial charge in [0.05, 0.1) is 17.6 Å². The Hall–Kier alpha value is -4.28. The van der Waals surface area contributed by atoms with Crippen molar-refractivity contribution in [1.82, 2.24) is 29.6 Å². The molecule has 10 heteroatoms. The van der Waals surface area contributed by atoms with E-state index in [0.29, 0.717) is 34.7 Å². The van der Waals surface area contributed by atoms with Gasteiger partial charge in [0.1, 0.15) is 35.9 Å². The van der Waals surface area contributed by atoms with Gasteiger partial charge >= 0.3 is 0 Å². The molecular formula is C28H27N7O2S. The average molecular weight is 526 g/mol. The number of anilines is 1. The molecule has 6 rings (SSSR count). The molecule has 0 aliphatic carbocycles. The molecule has 1 unspecified atom stereocenters. The van der Waals surface area contributed by atoms with Gasteiger partial charge in [0.2, 0.25) is 0 Å². The number of aromatic hydroxyl groups is 1. The number of fused-ring (bicyclic) bond motifs is 2. The zero-order valence-corrected chi connectivity index (χ0v) is 22.1. The maximum Gasteiger partial charge on any atom is 0.164 e. The number of nitrogens with zero attached hydrogens (tertiary/aromatic N) is 6. The van der Waals surface area contributed by atoms with Gasteiger partial charge in [-0.1, -0.05) is 18.2 Å². The number of para-hydroxylation sites is 1. The zero-order chi connectivity index (χ0) is 26.4. The molecule has 1 aromatic carbocycles. The van der Waals surface area contributed by atoms with Gasteiger partial charge in [-0.3, -0.25) is 4.98 Å². The topological polar surface area (TPSA) is 115 Å². The van der Waals surface area contributed by atoms with Crippen molar-refractivity contribution in [2.75, 3.05) is 26.4 Å². The third-order valence-corrected chi connectivity index (χ3v) is 7.71. The lowest BCUT2D eigenvalue weighted by Crippen LogP contribution is -2.20. The Morgan fingerprint density at radius 2 is 2.00 bits per heavy atom. The van der Waals surface area contributed by atoms with Crippen LogP contribution in [0, 0.1) is 0 Å². The molecule has 1 atom stereocenters. The fourth-order valence-electron chi connectivity index (χ4n) is 4.90. The second-order valence-corrected chi connectivity index (χ2v) is 10.7. The molecule has 1 aliphatic heterocycles. The third kappa shape index (κ3) is 4.17. The number of thiophene rings is 1. The summed E-state index contributed by atoms with van der Waals surface area (Å²) in [5.74, 6) is 1.23. The van der Waals surface area contributed by atoms with Crippen LogP contribution < -0.4 is 10.5 Å². The molecule has 192 valence electrons. The highest BCUT2D eigenvalue weighted by Crippen LogP contribution is 2.44. The number of hydrogen-bond donors (Lipinski definition) is 2. The number of ether oxygens (including phenoxy) is 1. The first-order valence-electron chi connectivity index (χ1n) is 12.2. The van der Waals surface area contributed by atoms with Crippen molar-refractivity contribution in [3.8, 4) is 22.8 Å². The van der Waals surface area contributed by atoms with Crippen molar-refractivity contribution in [3.63, 3.8) is 0 Å². The van der Waals surface area contributed by atoms with Crippen molar-refractivity contribution in [1.29, 1.82) is 0 Å². The Morgan fingerprint density at radius 3 is 2.82 bits per heavy atom. The van der Waals surface area contributed by atoms with Gasteiger partial charge in [-0.25, -0.2) is 14.6 Å². The highest BCUT2D eigenvalue weighted by atomic mass is 32.1. The number of nitrogens with two attached hydrogens (primary N) is 1. The molecule has 1 aliphatic rings. The van der Waals surface area contributed by atoms with E-state index in [1.54, 1.807) is 23.6 Å². The Morgan fingerprint density at radius 1 is 1.16 bits per heavy atom. The van der Waals surface area contributed by atoms with Gasteiger partial charge < -0.3 is 20.5 Å². The van der Waals surface area contributed by atoms with Crippen LogP contribution in [0.5, 0.6) is 11.5 Å². The SMILES string of the molecule is CC(C1=C(c2ccc(CN(C)C)s2)c2ccccc2OC1)n1nc(-c2cncc(O)c2)c2c(N)ncnc21. The quantitative estimate of drug-likeness (QED) is 0.326. The van der Waals surface area contributed by atoms with E-state index >= 15 is 0 Å². The van der Waals surface area contributed by atoms with Gasteiger partial charge in [0.25, 0.3) is 0 Å². The highest BCUT2D eigenvalue weighted by molar-refractivity contribution is 7.13. The lowest BCUT2D eigenvalue weighted by atomic mass is 9.92. The largest absolute Gasteiger partial charge is 0.506 e. The first kappa shape index (κ1) is 24.1. The molecule has 5 aromatic rings. The lowest BCUT2D eigenvalue weighted by molar-refractivity contribution is 0.327. The molecule has 38 heavy (non-hydrogen) atoms. The number of pyridine rings is 1. The summed E-state index contributed by atoms with van der Waals surface area (Å²) in [7, 11) is 4.15. The van der Waals surface area contributed by atoms with E-state index in [4.69, 9.17) is 15.6 Å². The Balaban J connectivity index is 1.55. The summed E-state index contributed by atoms with van der Waals surface area (Å²) in [6.45, 7) is 3.39. The first-order chi connectivity index (χ1) is 18.4. The summed E-state index contributed by atoms with van der Waals surface area (Å²) in [4.78, 5) is 17.5. The van der Waals surface area contributed by atoms with E-state index in [1.807, 2.05) is 22.9 Å². The molecule has 4 aromatic heterocycles. The van der Waals surface area contributed by atoms with Crippen molar-refractivity contribution < 1.29 is 9.84 Å². The maximum atomic E-state index is 10.1. The number of nitrogen functional groups attached to an aromatic ring is 1. The van der Waals surface area contributed by atoms with E-state index in [0.717, 1.165) is 29.0 Å². The van der Waals surface area contributed by atoms with Crippen LogP contribution in [0.15, 0.2) is 66.8 Å². The molecule has 0 bridgehead atoms. The van der Waals surface area contributed by atoms with Crippen LogP contribution in [0.1, 0.15) is 28.3 Å². The average Bonchev–Trinajstić information content (AvgIpc) is 3.53. The van der Waals surface area contributed by atoms with Crippen LogP contribution in [0.25, 0.3) is 27.9 Å². The Labute approximate surface area is 223 Å². The number of rotatable bonds is 6. The van der Waals surface area contributed by atoms with Crippen molar-refractivity contribution in [3.05, 3.63) is 82.1 Å². The molecule has 0 amide bonds. The minimum absolute atomic E-state index is 0.0437. The summed E-state index contributed by atoms with van der Waals surface area (Å²) < 4.78 is 8.11. The highest BCUT2D eigenvalue weighted by Gasteiger charge is 2.29. The normalized spacial score (nSPS) is 14.1. The summed E-state index contributed by atoms with van der Waals surface area (Å²) in [6.07, 6.45) is 4.47. The molecule has 0 saturated heterocycles. The molecule has 0 spiro atoms. The van der Waals surface area contributed by atoms with Crippen LogP contribution in [-0.2, 0) is 6.54 Å². The summed E-state index contributed by atoms with van der Waals surface area (Å²) in [5, 5.41) is 15.6. The van der Waals surface area contributed by atoms with Crippen molar-refractivity contribution >= 4 is 33.8 Å². The maximum absolute atomic E-state index is 10.1. The van der Waals surface area contributed by atoms with Gasteiger partial charge in [-0.05, 0) is 45.3 Å². The van der Waals surface area contributed by atoms with Crippen LogP contribution in [-0.4, -0.2) is 55.4 Å². The molecule has 0 radical (unpaired) electrons. The molecule has 3 N–H and O–H groups in total. The second-order valence-electron chi connectivity index (χ2n) is 9.55. The fraction of sp³-hybridized carbons (Fsp3) is 0.214. The molecular weight excluding hydrogens is 498 g/mol. The molecule has 0 fully saturated rings. The summed E-state index contributed by atoms with van der Waals surface area (Å²) >= 11 is 1.79. The lowest BCUT2D eigenvalue weighted by Gasteiger charge is -2.27. The predicted molar refractivity (Wildman–Crippen MR) is 149 cm³/mol. The predicted octanol–water partition coefficient (Wildman–Crippen LogP) is 4.75. The summed E-state index contributed by atoms with van der Waals surface area (Å²) in [5.41, 5.74) is 11.4. The molecule has 9 nitrogen and oxygen atoms in total. The molecule has 0 saturated carbocycles. The van der Waals surface area contributed by atoms with Gasteiger partial charge in [-0.15, -0.1) is 11.3 Å². The number of benzene rings is 1. The van der Waals surface area contributed by atoms with Crippen molar-refractivity contribution in [2.45, 2.75) is 19.5 Å². The minimum atomic E-state index is -0.214. The Bertz CT molecular complexity index is 1690. The van der Waals surface area contributed by atoms with Crippen LogP contribution in [0.4, 0.5) is 5.82 Å². The van der Waals surface area contributed by atoms with E-state index in [1.165, 1.54) is 22.3 Å². The van der Waals surface area contributed by atoms with E-state index < -0.39 is 0 Å². The standard InChI is InChI=1S/C28H27N7O2S/c1-16(35-28-25(27(29)31-15-32-28)26(33-35)17-10-18(36)12-30-11-17)21-14-37-22-7-5-4-6-20(22)24(21)23-9-8-19(38-23)13-34(2)3/h4-12,15-16,36H,13-14H2,1-3H3,(H2,29,31,32). The van der Waals surface area contributed by atoms with Crippen molar-refractivity contribution in [2.24, 2.45) is 0 Å². The molecule has 5 heterocycles. The van der Waals surface area contributed by atoms with Crippen LogP contribution in [0.2, 0.25) is 0 Å². The van der Waals surface area contributed by atoms with E-state index in [9.17, 15) is 5.11 Å². The monoisotopic (exact) mass is 525 g/mol. The van der Waals surface area contributed by atoms with Gasteiger partial charge in [0.15, 0.2) is 5.65 Å². The number of hydrogen-bond acceptors (Lipinski definition) is 9. The zero-order valence-electron chi connectivity index (χ0n) is 21.3. The third-order valence-electron chi connectivity index (χ3n) is 6.63. The number of aromatic nitrogens is 5. The summed E-state index contributed by atoms with van der Waals surface area (Å²) in [6, 6.07) is 13.9. The van der Waals surface area contributed by atoms with Crippen LogP contribution >= 0.6 is 11.3 Å². The fourth-order valence-corrected chi connectivity index (χ4v) is 6.12. The first-order valence-corrected chi connectivity index (χ1v) is 13.0. The second kappa shape index (κ2) is 9.55. The van der Waals surface area contributed by atoms with Crippen LogP contribution in [0.3, 0.4) is 0 Å². The van der Waals surface area contributed by atoms with Gasteiger partial charge in [-0.2, -0.15) is 5.10 Å². The minimum Gasteiger partial charge on any atom is -0.506 e.